The molecule has 72 valence electrons. The first-order valence-electron chi connectivity index (χ1n) is 4.07. The molecular weight excluding hydrogens is 216 g/mol. The van der Waals surface area contributed by atoms with Crippen LogP contribution in [0.1, 0.15) is 5.56 Å². The summed E-state index contributed by atoms with van der Waals surface area (Å²) in [5.74, 6) is 0. The van der Waals surface area contributed by atoms with Crippen LogP contribution in [-0.4, -0.2) is 5.11 Å². The van der Waals surface area contributed by atoms with E-state index >= 15 is 0 Å². The number of aliphatic hydroxyl groups is 1. The molecule has 1 aromatic carbocycles. The molecule has 0 spiro atoms. The van der Waals surface area contributed by atoms with Gasteiger partial charge in [0.05, 0.1) is 10.8 Å². The van der Waals surface area contributed by atoms with E-state index < -0.39 is 0 Å². The van der Waals surface area contributed by atoms with E-state index in [0.29, 0.717) is 9.60 Å². The van der Waals surface area contributed by atoms with E-state index in [1.54, 1.807) is 12.1 Å². The van der Waals surface area contributed by atoms with Gasteiger partial charge in [-0.15, -0.1) is 24.0 Å². The average molecular weight is 224 g/mol. The number of aliphatic hydroxyl groups excluding tert-OH is 1. The Labute approximate surface area is 90.2 Å². The molecule has 1 N–H and O–H groups in total. The van der Waals surface area contributed by atoms with Gasteiger partial charge in [0.1, 0.15) is 0 Å². The number of hydrogen-bond donors (Lipinski definition) is 2. The SMILES string of the molecule is O=c1cc(S)sc2cc(CO)ccc12. The minimum atomic E-state index is -0.0201. The molecule has 2 rings (SSSR count). The first-order valence-corrected chi connectivity index (χ1v) is 5.33. The highest BCUT2D eigenvalue weighted by Gasteiger charge is 2.01. The van der Waals surface area contributed by atoms with Crippen LogP contribution in [0.15, 0.2) is 33.3 Å². The second-order valence-corrected chi connectivity index (χ2v) is 4.81. The quantitative estimate of drug-likeness (QED) is 0.727. The minimum absolute atomic E-state index is 0.00630. The summed E-state index contributed by atoms with van der Waals surface area (Å²) in [5, 5.41) is 9.63. The van der Waals surface area contributed by atoms with Gasteiger partial charge in [0, 0.05) is 16.2 Å². The van der Waals surface area contributed by atoms with Gasteiger partial charge in [-0.05, 0) is 17.7 Å². The monoisotopic (exact) mass is 224 g/mol. The number of rotatable bonds is 1. The van der Waals surface area contributed by atoms with Gasteiger partial charge in [-0.3, -0.25) is 4.79 Å². The fourth-order valence-corrected chi connectivity index (χ4v) is 2.58. The van der Waals surface area contributed by atoms with Crippen LogP contribution in [0.5, 0.6) is 0 Å². The van der Waals surface area contributed by atoms with Crippen molar-refractivity contribution in [2.24, 2.45) is 0 Å². The van der Waals surface area contributed by atoms with Crippen LogP contribution in [0.4, 0.5) is 0 Å². The normalized spacial score (nSPS) is 10.7. The van der Waals surface area contributed by atoms with E-state index in [1.807, 2.05) is 6.07 Å². The minimum Gasteiger partial charge on any atom is -0.392 e. The third-order valence-corrected chi connectivity index (χ3v) is 3.25. The highest BCUT2D eigenvalue weighted by Crippen LogP contribution is 2.22. The molecule has 0 saturated heterocycles. The Balaban J connectivity index is 2.82. The molecule has 0 unspecified atom stereocenters. The van der Waals surface area contributed by atoms with Crippen LogP contribution < -0.4 is 5.43 Å². The lowest BCUT2D eigenvalue weighted by Crippen LogP contribution is -1.98. The van der Waals surface area contributed by atoms with Crippen molar-refractivity contribution in [3.63, 3.8) is 0 Å². The molecule has 0 saturated carbocycles. The predicted octanol–water partition coefficient (Wildman–Crippen LogP) is 2.04. The van der Waals surface area contributed by atoms with E-state index in [4.69, 9.17) is 5.11 Å². The zero-order valence-electron chi connectivity index (χ0n) is 7.23. The Bertz CT molecular complexity index is 531. The summed E-state index contributed by atoms with van der Waals surface area (Å²) in [6.45, 7) is -0.00630. The van der Waals surface area contributed by atoms with Gasteiger partial charge in [0.25, 0.3) is 0 Å². The lowest BCUT2D eigenvalue weighted by Gasteiger charge is -1.99. The molecule has 0 atom stereocenters. The third kappa shape index (κ3) is 1.68. The number of thiol groups is 1. The van der Waals surface area contributed by atoms with Crippen molar-refractivity contribution in [2.45, 2.75) is 10.8 Å². The summed E-state index contributed by atoms with van der Waals surface area (Å²) >= 11 is 5.59. The van der Waals surface area contributed by atoms with Gasteiger partial charge in [-0.2, -0.15) is 0 Å². The van der Waals surface area contributed by atoms with Crippen LogP contribution in [-0.2, 0) is 6.61 Å². The largest absolute Gasteiger partial charge is 0.392 e. The molecule has 0 fully saturated rings. The van der Waals surface area contributed by atoms with Crippen molar-refractivity contribution in [3.8, 4) is 0 Å². The lowest BCUT2D eigenvalue weighted by molar-refractivity contribution is 0.282. The Kier molecular flexibility index (Phi) is 2.58. The summed E-state index contributed by atoms with van der Waals surface area (Å²) in [6.07, 6.45) is 0. The Morgan fingerprint density at radius 3 is 2.86 bits per heavy atom. The summed E-state index contributed by atoms with van der Waals surface area (Å²) in [6, 6.07) is 6.83. The lowest BCUT2D eigenvalue weighted by atomic mass is 10.2. The van der Waals surface area contributed by atoms with Crippen molar-refractivity contribution < 1.29 is 5.11 Å². The number of benzene rings is 1. The molecule has 0 radical (unpaired) electrons. The van der Waals surface area contributed by atoms with E-state index in [2.05, 4.69) is 12.6 Å². The summed E-state index contributed by atoms with van der Waals surface area (Å²) in [7, 11) is 0. The molecule has 0 bridgehead atoms. The highest BCUT2D eigenvalue weighted by atomic mass is 32.2. The third-order valence-electron chi connectivity index (χ3n) is 1.96. The van der Waals surface area contributed by atoms with Crippen LogP contribution in [0.2, 0.25) is 0 Å². The molecule has 4 heteroatoms. The fraction of sp³-hybridized carbons (Fsp3) is 0.100. The van der Waals surface area contributed by atoms with Gasteiger partial charge in [-0.25, -0.2) is 0 Å². The summed E-state index contributed by atoms with van der Waals surface area (Å²) in [5.41, 5.74) is 0.792. The molecule has 1 heterocycles. The van der Waals surface area contributed by atoms with Crippen molar-refractivity contribution in [1.29, 1.82) is 0 Å². The second-order valence-electron chi connectivity index (χ2n) is 2.94. The van der Waals surface area contributed by atoms with Crippen molar-refractivity contribution >= 4 is 34.1 Å². The van der Waals surface area contributed by atoms with E-state index in [9.17, 15) is 4.79 Å². The summed E-state index contributed by atoms with van der Waals surface area (Å²) < 4.78 is 1.56. The van der Waals surface area contributed by atoms with Crippen molar-refractivity contribution in [2.75, 3.05) is 0 Å². The van der Waals surface area contributed by atoms with Crippen LogP contribution in [0.25, 0.3) is 10.1 Å². The molecule has 1 aromatic heterocycles. The van der Waals surface area contributed by atoms with E-state index in [-0.39, 0.29) is 12.0 Å². The van der Waals surface area contributed by atoms with E-state index in [1.165, 1.54) is 17.4 Å². The fourth-order valence-electron chi connectivity index (χ4n) is 1.29. The molecule has 2 aromatic rings. The Morgan fingerprint density at radius 1 is 1.36 bits per heavy atom. The Morgan fingerprint density at radius 2 is 2.14 bits per heavy atom. The van der Waals surface area contributed by atoms with Gasteiger partial charge >= 0.3 is 0 Å². The number of hydrogen-bond acceptors (Lipinski definition) is 4. The maximum Gasteiger partial charge on any atom is 0.189 e. The van der Waals surface area contributed by atoms with Crippen LogP contribution in [0, 0.1) is 0 Å². The first-order chi connectivity index (χ1) is 6.70. The van der Waals surface area contributed by atoms with Crippen molar-refractivity contribution in [3.05, 3.63) is 40.1 Å². The second kappa shape index (κ2) is 3.73. The van der Waals surface area contributed by atoms with Gasteiger partial charge in [0.15, 0.2) is 5.43 Å². The molecule has 0 aliphatic rings. The van der Waals surface area contributed by atoms with Crippen molar-refractivity contribution in [1.82, 2.24) is 0 Å². The van der Waals surface area contributed by atoms with Gasteiger partial charge in [0.2, 0.25) is 0 Å². The zero-order chi connectivity index (χ0) is 10.1. The molecule has 2 nitrogen and oxygen atoms in total. The maximum atomic E-state index is 11.5. The average Bonchev–Trinajstić information content (AvgIpc) is 2.16. The van der Waals surface area contributed by atoms with Gasteiger partial charge < -0.3 is 5.11 Å². The molecular formula is C10H8O2S2. The highest BCUT2D eigenvalue weighted by molar-refractivity contribution is 7.83. The van der Waals surface area contributed by atoms with E-state index in [0.717, 1.165) is 10.3 Å². The standard InChI is InChI=1S/C10H8O2S2/c11-5-6-1-2-7-8(12)4-10(13)14-9(7)3-6/h1-4,11,13H,5H2. The number of fused-ring (bicyclic) bond motifs is 1. The van der Waals surface area contributed by atoms with Gasteiger partial charge in [-0.1, -0.05) is 6.07 Å². The predicted molar refractivity (Wildman–Crippen MR) is 61.3 cm³/mol. The summed E-state index contributed by atoms with van der Waals surface area (Å²) in [4.78, 5) is 11.5. The zero-order valence-corrected chi connectivity index (χ0v) is 8.94. The van der Waals surface area contributed by atoms with Crippen LogP contribution in [0.3, 0.4) is 0 Å². The maximum absolute atomic E-state index is 11.5. The smallest absolute Gasteiger partial charge is 0.189 e. The van der Waals surface area contributed by atoms with Crippen LogP contribution >= 0.6 is 24.0 Å². The molecule has 0 amide bonds. The first kappa shape index (κ1) is 9.71. The molecule has 0 aliphatic heterocycles. The Hall–Kier alpha value is -0.840. The molecule has 0 aliphatic carbocycles. The topological polar surface area (TPSA) is 37.3 Å². The molecule has 14 heavy (non-hydrogen) atoms.